The standard InChI is InChI=1S/C20H27N3O3/c1-15-8-7-11-23(13-15)14-20(12-16-9-5-4-6-10-16)17(24)21(2)19(26)22(3)18(20)25/h4-6,9-10,15H,7-8,11-14H2,1-3H3/p+1/t15-/m0/s1. The van der Waals surface area contributed by atoms with Crippen molar-refractivity contribution in [2.75, 3.05) is 33.7 Å². The summed E-state index contributed by atoms with van der Waals surface area (Å²) in [6.45, 7) is 4.57. The van der Waals surface area contributed by atoms with Gasteiger partial charge in [0, 0.05) is 26.4 Å². The quantitative estimate of drug-likeness (QED) is 0.801. The normalized spacial score (nSPS) is 26.3. The lowest BCUT2D eigenvalue weighted by Gasteiger charge is -2.43. The molecule has 2 saturated heterocycles. The van der Waals surface area contributed by atoms with Gasteiger partial charge in [0.2, 0.25) is 0 Å². The molecule has 140 valence electrons. The van der Waals surface area contributed by atoms with E-state index in [-0.39, 0.29) is 11.8 Å². The number of hydrogen-bond acceptors (Lipinski definition) is 3. The van der Waals surface area contributed by atoms with Gasteiger partial charge in [0.15, 0.2) is 5.41 Å². The molecule has 2 atom stereocenters. The van der Waals surface area contributed by atoms with E-state index >= 15 is 0 Å². The second kappa shape index (κ2) is 7.19. The summed E-state index contributed by atoms with van der Waals surface area (Å²) in [4.78, 5) is 42.2. The van der Waals surface area contributed by atoms with Gasteiger partial charge in [-0.2, -0.15) is 0 Å². The van der Waals surface area contributed by atoms with Crippen LogP contribution in [-0.4, -0.2) is 61.4 Å². The number of carbonyl (C=O) groups is 3. The summed E-state index contributed by atoms with van der Waals surface area (Å²) in [5.74, 6) is -0.168. The molecule has 0 bridgehead atoms. The molecule has 0 aromatic heterocycles. The molecule has 0 saturated carbocycles. The van der Waals surface area contributed by atoms with E-state index in [0.29, 0.717) is 18.9 Å². The van der Waals surface area contributed by atoms with Crippen molar-refractivity contribution < 1.29 is 19.3 Å². The first-order valence-corrected chi connectivity index (χ1v) is 9.33. The molecular weight excluding hydrogens is 330 g/mol. The van der Waals surface area contributed by atoms with Crippen molar-refractivity contribution in [3.63, 3.8) is 0 Å². The van der Waals surface area contributed by atoms with Gasteiger partial charge in [0.1, 0.15) is 6.54 Å². The summed E-state index contributed by atoms with van der Waals surface area (Å²) >= 11 is 0. The first kappa shape index (κ1) is 18.6. The minimum atomic E-state index is -1.22. The fourth-order valence-electron chi connectivity index (χ4n) is 4.43. The van der Waals surface area contributed by atoms with Crippen LogP contribution in [0.5, 0.6) is 0 Å². The third-order valence-electron chi connectivity index (χ3n) is 5.77. The monoisotopic (exact) mass is 358 g/mol. The predicted molar refractivity (Wildman–Crippen MR) is 97.5 cm³/mol. The molecule has 1 unspecified atom stereocenters. The van der Waals surface area contributed by atoms with E-state index < -0.39 is 11.4 Å². The van der Waals surface area contributed by atoms with Crippen LogP contribution in [0, 0.1) is 11.3 Å². The Morgan fingerprint density at radius 1 is 1.08 bits per heavy atom. The average molecular weight is 358 g/mol. The van der Waals surface area contributed by atoms with Crippen molar-refractivity contribution in [3.05, 3.63) is 35.9 Å². The zero-order chi connectivity index (χ0) is 18.9. The van der Waals surface area contributed by atoms with Gasteiger partial charge in [-0.3, -0.25) is 19.4 Å². The number of piperidine rings is 1. The van der Waals surface area contributed by atoms with Crippen LogP contribution in [0.4, 0.5) is 4.79 Å². The van der Waals surface area contributed by atoms with Gasteiger partial charge in [-0.25, -0.2) is 4.79 Å². The number of likely N-dealkylation sites (tertiary alicyclic amines) is 1. The minimum Gasteiger partial charge on any atom is -0.333 e. The second-order valence-electron chi connectivity index (χ2n) is 7.88. The van der Waals surface area contributed by atoms with Crippen LogP contribution in [0.2, 0.25) is 0 Å². The molecule has 26 heavy (non-hydrogen) atoms. The summed E-state index contributed by atoms with van der Waals surface area (Å²) < 4.78 is 0. The number of benzene rings is 1. The van der Waals surface area contributed by atoms with Crippen LogP contribution >= 0.6 is 0 Å². The van der Waals surface area contributed by atoms with Gasteiger partial charge in [-0.15, -0.1) is 0 Å². The van der Waals surface area contributed by atoms with Gasteiger partial charge >= 0.3 is 6.03 Å². The molecule has 1 N–H and O–H groups in total. The highest BCUT2D eigenvalue weighted by Crippen LogP contribution is 2.31. The van der Waals surface area contributed by atoms with Crippen LogP contribution in [0.25, 0.3) is 0 Å². The van der Waals surface area contributed by atoms with Crippen LogP contribution < -0.4 is 4.90 Å². The maximum absolute atomic E-state index is 13.2. The largest absolute Gasteiger partial charge is 0.333 e. The van der Waals surface area contributed by atoms with E-state index in [1.807, 2.05) is 30.3 Å². The van der Waals surface area contributed by atoms with Gasteiger partial charge in [-0.05, 0) is 18.4 Å². The van der Waals surface area contributed by atoms with E-state index in [4.69, 9.17) is 0 Å². The topological polar surface area (TPSA) is 62.1 Å². The number of nitrogens with zero attached hydrogens (tertiary/aromatic N) is 2. The molecule has 2 aliphatic rings. The number of imide groups is 2. The average Bonchev–Trinajstić information content (AvgIpc) is 2.64. The Morgan fingerprint density at radius 3 is 2.27 bits per heavy atom. The maximum Gasteiger partial charge on any atom is 0.332 e. The van der Waals surface area contributed by atoms with E-state index in [1.54, 1.807) is 0 Å². The van der Waals surface area contributed by atoms with Gasteiger partial charge in [-0.1, -0.05) is 37.3 Å². The fraction of sp³-hybridized carbons (Fsp3) is 0.550. The Kier molecular flexibility index (Phi) is 5.14. The predicted octanol–water partition coefficient (Wildman–Crippen LogP) is 0.581. The second-order valence-corrected chi connectivity index (χ2v) is 7.88. The summed E-state index contributed by atoms with van der Waals surface area (Å²) in [6.07, 6.45) is 2.62. The number of rotatable bonds is 4. The third kappa shape index (κ3) is 3.26. The fourth-order valence-corrected chi connectivity index (χ4v) is 4.43. The lowest BCUT2D eigenvalue weighted by atomic mass is 9.76. The smallest absolute Gasteiger partial charge is 0.332 e. The molecule has 2 fully saturated rings. The highest BCUT2D eigenvalue weighted by molar-refractivity contribution is 6.19. The van der Waals surface area contributed by atoms with E-state index in [0.717, 1.165) is 34.9 Å². The maximum atomic E-state index is 13.2. The molecule has 6 heteroatoms. The van der Waals surface area contributed by atoms with Crippen molar-refractivity contribution >= 4 is 17.8 Å². The number of barbiturate groups is 1. The lowest BCUT2D eigenvalue weighted by Crippen LogP contribution is -3.15. The zero-order valence-corrected chi connectivity index (χ0v) is 15.8. The third-order valence-corrected chi connectivity index (χ3v) is 5.77. The molecule has 0 aliphatic carbocycles. The molecular formula is C20H28N3O3+. The Morgan fingerprint density at radius 2 is 1.69 bits per heavy atom. The highest BCUT2D eigenvalue weighted by atomic mass is 16.2. The van der Waals surface area contributed by atoms with Crippen molar-refractivity contribution in [2.24, 2.45) is 11.3 Å². The number of amides is 4. The van der Waals surface area contributed by atoms with E-state index in [9.17, 15) is 14.4 Å². The molecule has 0 spiro atoms. The van der Waals surface area contributed by atoms with Crippen molar-refractivity contribution in [1.29, 1.82) is 0 Å². The lowest BCUT2D eigenvalue weighted by molar-refractivity contribution is -0.912. The number of quaternary nitrogens is 1. The Hall–Kier alpha value is -2.21. The summed E-state index contributed by atoms with van der Waals surface area (Å²) in [5.41, 5.74) is -0.277. The summed E-state index contributed by atoms with van der Waals surface area (Å²) in [6, 6.07) is 9.07. The molecule has 2 aliphatic heterocycles. The first-order chi connectivity index (χ1) is 12.3. The van der Waals surface area contributed by atoms with Crippen LogP contribution in [0.3, 0.4) is 0 Å². The molecule has 2 heterocycles. The Bertz CT molecular complexity index is 680. The summed E-state index contributed by atoms with van der Waals surface area (Å²) in [5, 5.41) is 0. The first-order valence-electron chi connectivity index (χ1n) is 9.33. The molecule has 1 aromatic rings. The zero-order valence-electron chi connectivity index (χ0n) is 15.8. The van der Waals surface area contributed by atoms with Gasteiger partial charge in [0.05, 0.1) is 13.1 Å². The molecule has 6 nitrogen and oxygen atoms in total. The minimum absolute atomic E-state index is 0.325. The molecule has 0 radical (unpaired) electrons. The van der Waals surface area contributed by atoms with Crippen LogP contribution in [0.15, 0.2) is 30.3 Å². The van der Waals surface area contributed by atoms with E-state index in [1.165, 1.54) is 25.4 Å². The number of urea groups is 1. The molecule has 1 aromatic carbocycles. The molecule has 4 amide bonds. The number of nitrogens with one attached hydrogen (secondary N) is 1. The Balaban J connectivity index is 1.98. The number of hydrogen-bond donors (Lipinski definition) is 1. The summed E-state index contributed by atoms with van der Waals surface area (Å²) in [7, 11) is 2.95. The SMILES string of the molecule is C[C@H]1CCC[NH+](CC2(Cc3ccccc3)C(=O)N(C)C(=O)N(C)C2=O)C1. The number of carbonyl (C=O) groups excluding carboxylic acids is 3. The highest BCUT2D eigenvalue weighted by Gasteiger charge is 2.57. The molecule has 3 rings (SSSR count). The van der Waals surface area contributed by atoms with Crippen LogP contribution in [0.1, 0.15) is 25.3 Å². The van der Waals surface area contributed by atoms with Crippen LogP contribution in [-0.2, 0) is 16.0 Å². The van der Waals surface area contributed by atoms with Crippen molar-refractivity contribution in [1.82, 2.24) is 9.80 Å². The Labute approximate surface area is 154 Å². The van der Waals surface area contributed by atoms with Crippen molar-refractivity contribution in [2.45, 2.75) is 26.2 Å². The van der Waals surface area contributed by atoms with Gasteiger partial charge < -0.3 is 4.90 Å². The van der Waals surface area contributed by atoms with Crippen molar-refractivity contribution in [3.8, 4) is 0 Å². The van der Waals surface area contributed by atoms with Gasteiger partial charge in [0.25, 0.3) is 11.8 Å². The van der Waals surface area contributed by atoms with E-state index in [2.05, 4.69) is 6.92 Å².